The van der Waals surface area contributed by atoms with Crippen LogP contribution in [0.3, 0.4) is 0 Å². The van der Waals surface area contributed by atoms with Gasteiger partial charge < -0.3 is 14.9 Å². The minimum absolute atomic E-state index is 0.0378. The highest BCUT2D eigenvalue weighted by molar-refractivity contribution is 6.33. The van der Waals surface area contributed by atoms with E-state index in [0.717, 1.165) is 19.5 Å². The molecule has 0 bridgehead atoms. The van der Waals surface area contributed by atoms with Gasteiger partial charge in [-0.25, -0.2) is 4.79 Å². The molecule has 6 heteroatoms. The summed E-state index contributed by atoms with van der Waals surface area (Å²) < 4.78 is 0. The maximum absolute atomic E-state index is 11.8. The summed E-state index contributed by atoms with van der Waals surface area (Å²) in [6.07, 6.45) is 0.860. The number of carboxylic acids is 1. The monoisotopic (exact) mass is 282 g/mol. The number of hydrogen-bond donors (Lipinski definition) is 1. The van der Waals surface area contributed by atoms with Crippen LogP contribution in [0.15, 0.2) is 18.2 Å². The smallest absolute Gasteiger partial charge is 0.335 e. The maximum Gasteiger partial charge on any atom is 0.335 e. The minimum Gasteiger partial charge on any atom is -0.478 e. The summed E-state index contributed by atoms with van der Waals surface area (Å²) in [6, 6.07) is 4.57. The predicted molar refractivity (Wildman–Crippen MR) is 72.9 cm³/mol. The van der Waals surface area contributed by atoms with Gasteiger partial charge in [0.25, 0.3) is 0 Å². The van der Waals surface area contributed by atoms with Crippen LogP contribution in [0.4, 0.5) is 5.69 Å². The Kier molecular flexibility index (Phi) is 3.95. The van der Waals surface area contributed by atoms with E-state index in [1.165, 1.54) is 12.1 Å². The quantitative estimate of drug-likeness (QED) is 0.897. The number of anilines is 1. The highest BCUT2D eigenvalue weighted by Crippen LogP contribution is 2.28. The van der Waals surface area contributed by atoms with Crippen molar-refractivity contribution in [2.45, 2.75) is 6.42 Å². The molecule has 1 heterocycles. The fraction of sp³-hybridized carbons (Fsp3) is 0.385. The van der Waals surface area contributed by atoms with Gasteiger partial charge >= 0.3 is 5.97 Å². The number of halogens is 1. The van der Waals surface area contributed by atoms with Crippen molar-refractivity contribution in [2.75, 3.05) is 31.6 Å². The van der Waals surface area contributed by atoms with Crippen LogP contribution in [0.5, 0.6) is 0 Å². The van der Waals surface area contributed by atoms with E-state index < -0.39 is 5.97 Å². The topological polar surface area (TPSA) is 60.9 Å². The summed E-state index contributed by atoms with van der Waals surface area (Å²) in [5.74, 6) is -0.976. The van der Waals surface area contributed by atoms with Gasteiger partial charge in [-0.15, -0.1) is 0 Å². The molecular weight excluding hydrogens is 268 g/mol. The summed E-state index contributed by atoms with van der Waals surface area (Å²) in [4.78, 5) is 26.3. The van der Waals surface area contributed by atoms with Crippen molar-refractivity contribution in [3.05, 3.63) is 28.8 Å². The van der Waals surface area contributed by atoms with Crippen LogP contribution in [0.1, 0.15) is 16.8 Å². The van der Waals surface area contributed by atoms with E-state index in [-0.39, 0.29) is 18.0 Å². The lowest BCUT2D eigenvalue weighted by atomic mass is 10.2. The number of hydrogen-bond acceptors (Lipinski definition) is 3. The van der Waals surface area contributed by atoms with Gasteiger partial charge in [-0.2, -0.15) is 0 Å². The number of likely N-dealkylation sites (N-methyl/N-ethyl adjacent to an activating group) is 1. The first-order valence-corrected chi connectivity index (χ1v) is 6.38. The third-order valence-corrected chi connectivity index (χ3v) is 3.51. The van der Waals surface area contributed by atoms with Gasteiger partial charge in [0, 0.05) is 20.1 Å². The third-order valence-electron chi connectivity index (χ3n) is 3.21. The number of benzene rings is 1. The molecule has 1 fully saturated rings. The van der Waals surface area contributed by atoms with E-state index in [2.05, 4.69) is 0 Å². The Morgan fingerprint density at radius 2 is 2.11 bits per heavy atom. The molecule has 1 saturated heterocycles. The van der Waals surface area contributed by atoms with Gasteiger partial charge in [0.1, 0.15) is 0 Å². The Labute approximate surface area is 116 Å². The maximum atomic E-state index is 11.8. The third kappa shape index (κ3) is 2.98. The van der Waals surface area contributed by atoms with Crippen LogP contribution in [-0.2, 0) is 4.79 Å². The largest absolute Gasteiger partial charge is 0.478 e. The molecule has 1 aliphatic rings. The standard InChI is InChI=1S/C13H15ClN2O3/c1-15-5-2-6-16(8-12(15)17)11-4-3-9(13(18)19)7-10(11)14/h3-4,7H,2,5-6,8H2,1H3,(H,18,19). The molecule has 1 amide bonds. The van der Waals surface area contributed by atoms with Gasteiger partial charge in [-0.3, -0.25) is 4.79 Å². The zero-order valence-corrected chi connectivity index (χ0v) is 11.4. The van der Waals surface area contributed by atoms with Crippen molar-refractivity contribution in [1.82, 2.24) is 4.90 Å². The van der Waals surface area contributed by atoms with Crippen LogP contribution in [0.2, 0.25) is 5.02 Å². The summed E-state index contributed by atoms with van der Waals surface area (Å²) in [5, 5.41) is 9.26. The summed E-state index contributed by atoms with van der Waals surface area (Å²) >= 11 is 6.11. The van der Waals surface area contributed by atoms with Crippen molar-refractivity contribution >= 4 is 29.2 Å². The van der Waals surface area contributed by atoms with E-state index in [4.69, 9.17) is 16.7 Å². The van der Waals surface area contributed by atoms with Crippen LogP contribution >= 0.6 is 11.6 Å². The molecule has 1 aliphatic heterocycles. The summed E-state index contributed by atoms with van der Waals surface area (Å²) in [7, 11) is 1.78. The Balaban J connectivity index is 2.26. The molecule has 1 N–H and O–H groups in total. The second kappa shape index (κ2) is 5.48. The molecule has 102 valence electrons. The molecule has 0 aliphatic carbocycles. The van der Waals surface area contributed by atoms with Crippen LogP contribution < -0.4 is 4.90 Å². The molecule has 1 aromatic carbocycles. The first-order valence-electron chi connectivity index (χ1n) is 6.01. The number of carboxylic acid groups (broad SMARTS) is 1. The highest BCUT2D eigenvalue weighted by Gasteiger charge is 2.21. The Morgan fingerprint density at radius 3 is 2.74 bits per heavy atom. The number of rotatable bonds is 2. The molecule has 19 heavy (non-hydrogen) atoms. The zero-order chi connectivity index (χ0) is 14.0. The summed E-state index contributed by atoms with van der Waals surface area (Å²) in [5.41, 5.74) is 0.849. The van der Waals surface area contributed by atoms with E-state index in [9.17, 15) is 9.59 Å². The van der Waals surface area contributed by atoms with Gasteiger partial charge in [0.2, 0.25) is 5.91 Å². The lowest BCUT2D eigenvalue weighted by molar-refractivity contribution is -0.127. The minimum atomic E-state index is -1.01. The van der Waals surface area contributed by atoms with Gasteiger partial charge in [-0.05, 0) is 24.6 Å². The lowest BCUT2D eigenvalue weighted by Gasteiger charge is -2.23. The van der Waals surface area contributed by atoms with Crippen molar-refractivity contribution in [2.24, 2.45) is 0 Å². The van der Waals surface area contributed by atoms with Crippen LogP contribution in [-0.4, -0.2) is 48.6 Å². The molecule has 0 radical (unpaired) electrons. The fourth-order valence-corrected chi connectivity index (χ4v) is 2.39. The van der Waals surface area contributed by atoms with E-state index >= 15 is 0 Å². The van der Waals surface area contributed by atoms with E-state index in [0.29, 0.717) is 10.7 Å². The van der Waals surface area contributed by atoms with E-state index in [1.807, 2.05) is 4.90 Å². The van der Waals surface area contributed by atoms with Crippen LogP contribution in [0.25, 0.3) is 0 Å². The van der Waals surface area contributed by atoms with E-state index in [1.54, 1.807) is 18.0 Å². The molecule has 0 aromatic heterocycles. The lowest BCUT2D eigenvalue weighted by Crippen LogP contribution is -2.34. The molecule has 0 spiro atoms. The molecule has 1 aromatic rings. The zero-order valence-electron chi connectivity index (χ0n) is 10.6. The highest BCUT2D eigenvalue weighted by atomic mass is 35.5. The van der Waals surface area contributed by atoms with Crippen molar-refractivity contribution in [1.29, 1.82) is 0 Å². The number of carbonyl (C=O) groups excluding carboxylic acids is 1. The predicted octanol–water partition coefficient (Wildman–Crippen LogP) is 1.71. The van der Waals surface area contributed by atoms with Crippen molar-refractivity contribution in [3.8, 4) is 0 Å². The van der Waals surface area contributed by atoms with Crippen molar-refractivity contribution < 1.29 is 14.7 Å². The van der Waals surface area contributed by atoms with Gasteiger partial charge in [-0.1, -0.05) is 11.6 Å². The Morgan fingerprint density at radius 1 is 1.37 bits per heavy atom. The first kappa shape index (κ1) is 13.7. The van der Waals surface area contributed by atoms with Crippen molar-refractivity contribution in [3.63, 3.8) is 0 Å². The Hall–Kier alpha value is -1.75. The molecular formula is C13H15ClN2O3. The van der Waals surface area contributed by atoms with Crippen LogP contribution in [0, 0.1) is 0 Å². The number of amides is 1. The number of carbonyl (C=O) groups is 2. The number of nitrogens with zero attached hydrogens (tertiary/aromatic N) is 2. The average molecular weight is 283 g/mol. The molecule has 0 saturated carbocycles. The second-order valence-electron chi connectivity index (χ2n) is 4.56. The number of aromatic carboxylic acids is 1. The molecule has 0 unspecified atom stereocenters. The molecule has 5 nitrogen and oxygen atoms in total. The normalized spacial score (nSPS) is 16.4. The molecule has 0 atom stereocenters. The van der Waals surface area contributed by atoms with Gasteiger partial charge in [0.15, 0.2) is 0 Å². The average Bonchev–Trinajstić information content (AvgIpc) is 2.52. The summed E-state index contributed by atoms with van der Waals surface area (Å²) in [6.45, 7) is 1.71. The second-order valence-corrected chi connectivity index (χ2v) is 4.97. The van der Waals surface area contributed by atoms with Gasteiger partial charge in [0.05, 0.1) is 22.8 Å². The Bertz CT molecular complexity index is 519. The first-order chi connectivity index (χ1) is 8.99. The fourth-order valence-electron chi connectivity index (χ4n) is 2.09. The SMILES string of the molecule is CN1CCCN(c2ccc(C(=O)O)cc2Cl)CC1=O. The molecule has 2 rings (SSSR count).